The van der Waals surface area contributed by atoms with E-state index in [-0.39, 0.29) is 21.8 Å². The van der Waals surface area contributed by atoms with Crippen LogP contribution in [0.1, 0.15) is 27.2 Å². The third-order valence-corrected chi connectivity index (χ3v) is 4.45. The van der Waals surface area contributed by atoms with Crippen molar-refractivity contribution in [3.63, 3.8) is 0 Å². The fourth-order valence-electron chi connectivity index (χ4n) is 1.35. The Hall–Kier alpha value is -0.740. The van der Waals surface area contributed by atoms with Crippen molar-refractivity contribution < 1.29 is 8.42 Å². The van der Waals surface area contributed by atoms with Crippen LogP contribution < -0.4 is 5.73 Å². The molecule has 17 heavy (non-hydrogen) atoms. The number of anilines is 1. The second-order valence-corrected chi connectivity index (χ2v) is 7.83. The zero-order valence-electron chi connectivity index (χ0n) is 10.3. The van der Waals surface area contributed by atoms with E-state index in [4.69, 9.17) is 17.3 Å². The van der Waals surface area contributed by atoms with Crippen molar-refractivity contribution in [1.29, 1.82) is 0 Å². The van der Waals surface area contributed by atoms with Gasteiger partial charge in [-0.1, -0.05) is 32.4 Å². The molecule has 0 heterocycles. The van der Waals surface area contributed by atoms with Gasteiger partial charge in [0.15, 0.2) is 9.84 Å². The van der Waals surface area contributed by atoms with Gasteiger partial charge in [0.25, 0.3) is 0 Å². The van der Waals surface area contributed by atoms with Crippen LogP contribution in [-0.2, 0) is 9.84 Å². The molecule has 0 aliphatic heterocycles. The topological polar surface area (TPSA) is 60.2 Å². The first kappa shape index (κ1) is 14.3. The second-order valence-electron chi connectivity index (χ2n) is 5.31. The van der Waals surface area contributed by atoms with Crippen molar-refractivity contribution >= 4 is 27.1 Å². The van der Waals surface area contributed by atoms with E-state index in [0.29, 0.717) is 11.4 Å². The van der Waals surface area contributed by atoms with Crippen molar-refractivity contribution in [3.05, 3.63) is 23.2 Å². The molecule has 0 amide bonds. The van der Waals surface area contributed by atoms with Crippen LogP contribution in [-0.4, -0.2) is 14.2 Å². The molecule has 0 saturated heterocycles. The molecule has 0 aromatic heterocycles. The van der Waals surface area contributed by atoms with E-state index in [0.717, 1.165) is 0 Å². The summed E-state index contributed by atoms with van der Waals surface area (Å²) in [5, 5.41) is 0.442. The highest BCUT2D eigenvalue weighted by atomic mass is 35.5. The van der Waals surface area contributed by atoms with Crippen LogP contribution in [0.25, 0.3) is 0 Å². The van der Waals surface area contributed by atoms with Crippen LogP contribution in [0.15, 0.2) is 23.1 Å². The van der Waals surface area contributed by atoms with Gasteiger partial charge < -0.3 is 5.73 Å². The third-order valence-electron chi connectivity index (χ3n) is 2.43. The maximum Gasteiger partial charge on any atom is 0.180 e. The predicted octanol–water partition coefficient (Wildman–Crippen LogP) is 3.13. The lowest BCUT2D eigenvalue weighted by molar-refractivity contribution is 0.397. The van der Waals surface area contributed by atoms with Crippen molar-refractivity contribution in [3.8, 4) is 0 Å². The van der Waals surface area contributed by atoms with Crippen LogP contribution in [0.4, 0.5) is 5.69 Å². The van der Waals surface area contributed by atoms with Gasteiger partial charge in [0.05, 0.1) is 16.3 Å². The molecule has 0 radical (unpaired) electrons. The van der Waals surface area contributed by atoms with E-state index < -0.39 is 9.84 Å². The standard InChI is InChI=1S/C12H18ClNO2S/c1-12(2,3)6-7-17(15,16)11-5-4-9(13)8-10(11)14/h4-5,8H,6-7,14H2,1-3H3. The smallest absolute Gasteiger partial charge is 0.180 e. The van der Waals surface area contributed by atoms with Crippen LogP contribution in [0.2, 0.25) is 5.02 Å². The Kier molecular flexibility index (Phi) is 4.10. The van der Waals surface area contributed by atoms with E-state index in [1.54, 1.807) is 6.07 Å². The summed E-state index contributed by atoms with van der Waals surface area (Å²) < 4.78 is 24.2. The largest absolute Gasteiger partial charge is 0.398 e. The maximum atomic E-state index is 12.1. The third kappa shape index (κ3) is 4.21. The SMILES string of the molecule is CC(C)(C)CCS(=O)(=O)c1ccc(Cl)cc1N. The molecule has 0 bridgehead atoms. The number of benzene rings is 1. The summed E-state index contributed by atoms with van der Waals surface area (Å²) in [5.41, 5.74) is 5.88. The normalized spacial score (nSPS) is 12.7. The minimum Gasteiger partial charge on any atom is -0.398 e. The Morgan fingerprint density at radius 2 is 1.88 bits per heavy atom. The Labute approximate surface area is 108 Å². The fraction of sp³-hybridized carbons (Fsp3) is 0.500. The summed E-state index contributed by atoms with van der Waals surface area (Å²) in [5.74, 6) is 0.0995. The summed E-state index contributed by atoms with van der Waals surface area (Å²) in [7, 11) is -3.32. The second kappa shape index (κ2) is 4.86. The van der Waals surface area contributed by atoms with Gasteiger partial charge in [0.2, 0.25) is 0 Å². The molecule has 0 atom stereocenters. The van der Waals surface area contributed by atoms with E-state index in [1.807, 2.05) is 20.8 Å². The van der Waals surface area contributed by atoms with Gasteiger partial charge in [-0.2, -0.15) is 0 Å². The lowest BCUT2D eigenvalue weighted by atomic mass is 9.94. The summed E-state index contributed by atoms with van der Waals surface area (Å²) >= 11 is 5.74. The van der Waals surface area contributed by atoms with Gasteiger partial charge >= 0.3 is 0 Å². The zero-order chi connectivity index (χ0) is 13.3. The first-order chi connectivity index (χ1) is 7.62. The van der Waals surface area contributed by atoms with Crippen molar-refractivity contribution in [2.75, 3.05) is 11.5 Å². The number of halogens is 1. The first-order valence-electron chi connectivity index (χ1n) is 5.40. The number of hydrogen-bond donors (Lipinski definition) is 1. The highest BCUT2D eigenvalue weighted by molar-refractivity contribution is 7.91. The number of hydrogen-bond acceptors (Lipinski definition) is 3. The van der Waals surface area contributed by atoms with E-state index in [9.17, 15) is 8.42 Å². The van der Waals surface area contributed by atoms with Crippen molar-refractivity contribution in [1.82, 2.24) is 0 Å². The van der Waals surface area contributed by atoms with Gasteiger partial charge in [-0.15, -0.1) is 0 Å². The van der Waals surface area contributed by atoms with Crippen molar-refractivity contribution in [2.24, 2.45) is 5.41 Å². The molecule has 0 saturated carbocycles. The average molecular weight is 276 g/mol. The molecule has 0 aliphatic carbocycles. The van der Waals surface area contributed by atoms with Crippen molar-refractivity contribution in [2.45, 2.75) is 32.1 Å². The van der Waals surface area contributed by atoms with Gasteiger partial charge in [0, 0.05) is 5.02 Å². The summed E-state index contributed by atoms with van der Waals surface area (Å²) in [6.07, 6.45) is 0.595. The quantitative estimate of drug-likeness (QED) is 0.862. The number of rotatable bonds is 3. The number of sulfone groups is 1. The highest BCUT2D eigenvalue weighted by Crippen LogP contribution is 2.26. The maximum absolute atomic E-state index is 12.1. The summed E-state index contributed by atoms with van der Waals surface area (Å²) in [6, 6.07) is 4.48. The number of nitrogen functional groups attached to an aromatic ring is 1. The Balaban J connectivity index is 2.98. The Morgan fingerprint density at radius 1 is 1.29 bits per heavy atom. The summed E-state index contributed by atoms with van der Waals surface area (Å²) in [6.45, 7) is 6.02. The minimum absolute atomic E-state index is 0.0196. The van der Waals surface area contributed by atoms with Gasteiger partial charge in [-0.05, 0) is 30.0 Å². The lowest BCUT2D eigenvalue weighted by Crippen LogP contribution is -2.16. The molecule has 0 fully saturated rings. The van der Waals surface area contributed by atoms with Crippen LogP contribution in [0, 0.1) is 5.41 Å². The zero-order valence-corrected chi connectivity index (χ0v) is 11.9. The van der Waals surface area contributed by atoms with Gasteiger partial charge in [-0.3, -0.25) is 0 Å². The fourth-order valence-corrected chi connectivity index (χ4v) is 3.33. The molecule has 0 spiro atoms. The predicted molar refractivity (Wildman–Crippen MR) is 72.0 cm³/mol. The van der Waals surface area contributed by atoms with Crippen LogP contribution in [0.3, 0.4) is 0 Å². The van der Waals surface area contributed by atoms with Gasteiger partial charge in [0.1, 0.15) is 0 Å². The monoisotopic (exact) mass is 275 g/mol. The lowest BCUT2D eigenvalue weighted by Gasteiger charge is -2.18. The molecule has 96 valence electrons. The molecule has 0 unspecified atom stereocenters. The van der Waals surface area contributed by atoms with E-state index in [2.05, 4.69) is 0 Å². The highest BCUT2D eigenvalue weighted by Gasteiger charge is 2.21. The van der Waals surface area contributed by atoms with E-state index >= 15 is 0 Å². The minimum atomic E-state index is -3.32. The molecule has 1 aromatic rings. The molecular weight excluding hydrogens is 258 g/mol. The molecule has 2 N–H and O–H groups in total. The molecule has 1 rings (SSSR count). The van der Waals surface area contributed by atoms with Crippen LogP contribution >= 0.6 is 11.6 Å². The molecule has 1 aromatic carbocycles. The Bertz CT molecular complexity index is 504. The molecule has 0 aliphatic rings. The summed E-state index contributed by atoms with van der Waals surface area (Å²) in [4.78, 5) is 0.172. The molecular formula is C12H18ClNO2S. The Morgan fingerprint density at radius 3 is 2.35 bits per heavy atom. The first-order valence-corrected chi connectivity index (χ1v) is 7.43. The van der Waals surface area contributed by atoms with Gasteiger partial charge in [-0.25, -0.2) is 8.42 Å². The van der Waals surface area contributed by atoms with Crippen LogP contribution in [0.5, 0.6) is 0 Å². The number of nitrogens with two attached hydrogens (primary N) is 1. The molecule has 3 nitrogen and oxygen atoms in total. The molecule has 5 heteroatoms. The van der Waals surface area contributed by atoms with E-state index in [1.165, 1.54) is 12.1 Å². The average Bonchev–Trinajstić information content (AvgIpc) is 2.13.